The average molecular weight is 277 g/mol. The molecule has 1 N–H and O–H groups in total. The maximum absolute atomic E-state index is 12.9. The van der Waals surface area contributed by atoms with Crippen LogP contribution in [0.15, 0.2) is 12.2 Å². The molecule has 4 rings (SSSR count). The lowest BCUT2D eigenvalue weighted by molar-refractivity contribution is -0.158. The summed E-state index contributed by atoms with van der Waals surface area (Å²) in [6.45, 7) is 2.88. The molecule has 1 saturated carbocycles. The predicted molar refractivity (Wildman–Crippen MR) is 75.0 cm³/mol. The highest BCUT2D eigenvalue weighted by atomic mass is 16.4. The first-order valence-corrected chi connectivity index (χ1v) is 7.81. The number of carboxylic acid groups (broad SMARTS) is 1. The highest BCUT2D eigenvalue weighted by Gasteiger charge is 2.49. The molecule has 1 saturated heterocycles. The SMILES string of the molecule is C[C@@H]1CCCCN1C(=O)[C@@H]1[C@@H](C(=O)O)[C@H]2C=C[C@@H]1CC2. The van der Waals surface area contributed by atoms with Gasteiger partial charge in [0.1, 0.15) is 0 Å². The molecule has 0 radical (unpaired) electrons. The first-order valence-electron chi connectivity index (χ1n) is 7.81. The molecule has 20 heavy (non-hydrogen) atoms. The molecule has 5 atom stereocenters. The van der Waals surface area contributed by atoms with Crippen LogP contribution >= 0.6 is 0 Å². The van der Waals surface area contributed by atoms with Crippen molar-refractivity contribution in [2.45, 2.75) is 45.1 Å². The highest BCUT2D eigenvalue weighted by Crippen LogP contribution is 2.46. The third-order valence-electron chi connectivity index (χ3n) is 5.40. The van der Waals surface area contributed by atoms with Crippen molar-refractivity contribution < 1.29 is 14.7 Å². The fourth-order valence-corrected chi connectivity index (χ4v) is 4.28. The van der Waals surface area contributed by atoms with Gasteiger partial charge in [0, 0.05) is 12.6 Å². The van der Waals surface area contributed by atoms with Crippen LogP contribution < -0.4 is 0 Å². The van der Waals surface area contributed by atoms with Crippen molar-refractivity contribution in [1.29, 1.82) is 0 Å². The summed E-state index contributed by atoms with van der Waals surface area (Å²) in [7, 11) is 0. The van der Waals surface area contributed by atoms with Crippen LogP contribution in [0.1, 0.15) is 39.0 Å². The lowest BCUT2D eigenvalue weighted by Crippen LogP contribution is -2.53. The summed E-state index contributed by atoms with van der Waals surface area (Å²) >= 11 is 0. The predicted octanol–water partition coefficient (Wildman–Crippen LogP) is 2.30. The Morgan fingerprint density at radius 3 is 2.25 bits per heavy atom. The Labute approximate surface area is 119 Å². The Balaban J connectivity index is 1.85. The van der Waals surface area contributed by atoms with E-state index in [0.717, 1.165) is 32.2 Å². The smallest absolute Gasteiger partial charge is 0.307 e. The van der Waals surface area contributed by atoms with Gasteiger partial charge in [-0.25, -0.2) is 0 Å². The number of piperidine rings is 1. The van der Waals surface area contributed by atoms with Crippen LogP contribution in [-0.4, -0.2) is 34.5 Å². The molecular weight excluding hydrogens is 254 g/mol. The Hall–Kier alpha value is -1.32. The molecule has 3 aliphatic carbocycles. The van der Waals surface area contributed by atoms with Crippen molar-refractivity contribution in [3.8, 4) is 0 Å². The van der Waals surface area contributed by atoms with E-state index in [-0.39, 0.29) is 29.7 Å². The van der Waals surface area contributed by atoms with Gasteiger partial charge in [-0.3, -0.25) is 9.59 Å². The molecule has 0 aromatic rings. The number of carbonyl (C=O) groups excluding carboxylic acids is 1. The summed E-state index contributed by atoms with van der Waals surface area (Å²) in [5.74, 6) is -1.39. The van der Waals surface area contributed by atoms with Crippen LogP contribution in [0.4, 0.5) is 0 Å². The molecule has 4 nitrogen and oxygen atoms in total. The van der Waals surface area contributed by atoms with Crippen molar-refractivity contribution in [3.05, 3.63) is 12.2 Å². The van der Waals surface area contributed by atoms with Gasteiger partial charge in [0.05, 0.1) is 11.8 Å². The molecule has 1 amide bonds. The number of rotatable bonds is 2. The largest absolute Gasteiger partial charge is 0.481 e. The van der Waals surface area contributed by atoms with Gasteiger partial charge in [0.15, 0.2) is 0 Å². The summed E-state index contributed by atoms with van der Waals surface area (Å²) < 4.78 is 0. The zero-order valence-corrected chi connectivity index (χ0v) is 12.0. The third-order valence-corrected chi connectivity index (χ3v) is 5.40. The number of aliphatic carboxylic acids is 1. The minimum absolute atomic E-state index is 0.0477. The van der Waals surface area contributed by atoms with Crippen LogP contribution in [0, 0.1) is 23.7 Å². The normalized spacial score (nSPS) is 39.9. The van der Waals surface area contributed by atoms with E-state index in [1.807, 2.05) is 11.0 Å². The van der Waals surface area contributed by atoms with Crippen molar-refractivity contribution in [2.24, 2.45) is 23.7 Å². The number of carbonyl (C=O) groups is 2. The van der Waals surface area contributed by atoms with E-state index in [0.29, 0.717) is 0 Å². The number of carboxylic acids is 1. The Morgan fingerprint density at radius 1 is 1.05 bits per heavy atom. The van der Waals surface area contributed by atoms with Crippen molar-refractivity contribution >= 4 is 11.9 Å². The van der Waals surface area contributed by atoms with Crippen molar-refractivity contribution in [2.75, 3.05) is 6.54 Å². The molecule has 0 unspecified atom stereocenters. The summed E-state index contributed by atoms with van der Waals surface area (Å²) in [5.41, 5.74) is 0. The van der Waals surface area contributed by atoms with E-state index in [1.54, 1.807) is 0 Å². The van der Waals surface area contributed by atoms with E-state index >= 15 is 0 Å². The third kappa shape index (κ3) is 2.15. The number of likely N-dealkylation sites (tertiary alicyclic amines) is 1. The topological polar surface area (TPSA) is 57.6 Å². The Bertz CT molecular complexity index is 445. The molecule has 0 aromatic heterocycles. The molecule has 4 aliphatic rings. The molecule has 0 aromatic carbocycles. The van der Waals surface area contributed by atoms with E-state index in [4.69, 9.17) is 0 Å². The van der Waals surface area contributed by atoms with Crippen LogP contribution in [0.3, 0.4) is 0 Å². The molecular formula is C16H23NO3. The zero-order chi connectivity index (χ0) is 14.3. The number of nitrogens with zero attached hydrogens (tertiary/aromatic N) is 1. The fourth-order valence-electron chi connectivity index (χ4n) is 4.28. The van der Waals surface area contributed by atoms with Gasteiger partial charge in [-0.2, -0.15) is 0 Å². The quantitative estimate of drug-likeness (QED) is 0.788. The average Bonchev–Trinajstić information content (AvgIpc) is 2.47. The van der Waals surface area contributed by atoms with Gasteiger partial charge >= 0.3 is 5.97 Å². The maximum atomic E-state index is 12.9. The summed E-state index contributed by atoms with van der Waals surface area (Å²) in [6.07, 6.45) is 9.25. The van der Waals surface area contributed by atoms with Crippen LogP contribution in [0.25, 0.3) is 0 Å². The number of hydrogen-bond acceptors (Lipinski definition) is 2. The standard InChI is InChI=1S/C16H23NO3/c1-10-4-2-3-9-17(10)15(18)13-11-5-7-12(8-6-11)14(13)16(19)20/h5,7,10-14H,2-4,6,8-9H2,1H3,(H,19,20)/t10-,11-,12+,13+,14+/m1/s1. The Morgan fingerprint density at radius 2 is 1.70 bits per heavy atom. The lowest BCUT2D eigenvalue weighted by Gasteiger charge is -2.45. The van der Waals surface area contributed by atoms with Crippen LogP contribution in [0.5, 0.6) is 0 Å². The van der Waals surface area contributed by atoms with Gasteiger partial charge in [-0.1, -0.05) is 12.2 Å². The number of allylic oxidation sites excluding steroid dienone is 2. The monoisotopic (exact) mass is 277 g/mol. The van der Waals surface area contributed by atoms with Gasteiger partial charge in [0.25, 0.3) is 0 Å². The maximum Gasteiger partial charge on any atom is 0.307 e. The molecule has 0 spiro atoms. The van der Waals surface area contributed by atoms with Gasteiger partial charge in [0.2, 0.25) is 5.91 Å². The van der Waals surface area contributed by atoms with Crippen molar-refractivity contribution in [1.82, 2.24) is 4.90 Å². The second-order valence-electron chi connectivity index (χ2n) is 6.56. The van der Waals surface area contributed by atoms with E-state index in [2.05, 4.69) is 13.0 Å². The first-order chi connectivity index (χ1) is 9.59. The van der Waals surface area contributed by atoms with Gasteiger partial charge in [-0.05, 0) is 50.9 Å². The molecule has 4 heteroatoms. The molecule has 1 heterocycles. The molecule has 2 bridgehead atoms. The van der Waals surface area contributed by atoms with Crippen molar-refractivity contribution in [3.63, 3.8) is 0 Å². The van der Waals surface area contributed by atoms with E-state index in [1.165, 1.54) is 6.42 Å². The minimum atomic E-state index is -0.799. The Kier molecular flexibility index (Phi) is 3.57. The number of hydrogen-bond donors (Lipinski definition) is 1. The van der Waals surface area contributed by atoms with E-state index in [9.17, 15) is 14.7 Å². The fraction of sp³-hybridized carbons (Fsp3) is 0.750. The number of fused-ring (bicyclic) bond motifs is 2. The summed E-state index contributed by atoms with van der Waals surface area (Å²) in [4.78, 5) is 26.5. The second kappa shape index (κ2) is 5.23. The van der Waals surface area contributed by atoms with Gasteiger partial charge < -0.3 is 10.0 Å². The first kappa shape index (κ1) is 13.7. The number of amides is 1. The molecule has 2 fully saturated rings. The van der Waals surface area contributed by atoms with E-state index < -0.39 is 11.9 Å². The van der Waals surface area contributed by atoms with Crippen LogP contribution in [-0.2, 0) is 9.59 Å². The van der Waals surface area contributed by atoms with Crippen LogP contribution in [0.2, 0.25) is 0 Å². The molecule has 1 aliphatic heterocycles. The highest BCUT2D eigenvalue weighted by molar-refractivity contribution is 5.86. The summed E-state index contributed by atoms with van der Waals surface area (Å²) in [5, 5.41) is 9.54. The summed E-state index contributed by atoms with van der Waals surface area (Å²) in [6, 6.07) is 0.259. The second-order valence-corrected chi connectivity index (χ2v) is 6.56. The zero-order valence-electron chi connectivity index (χ0n) is 12.0. The molecule has 110 valence electrons. The lowest BCUT2D eigenvalue weighted by atomic mass is 9.61. The minimum Gasteiger partial charge on any atom is -0.481 e. The van der Waals surface area contributed by atoms with Gasteiger partial charge in [-0.15, -0.1) is 0 Å².